The Bertz CT molecular complexity index is 1780. The number of nitrogens with one attached hydrogen (secondary N) is 1. The number of fused-ring (bicyclic) bond motifs is 1. The van der Waals surface area contributed by atoms with Crippen LogP contribution in [0.25, 0.3) is 5.52 Å². The average molecular weight is 749 g/mol. The lowest BCUT2D eigenvalue weighted by Crippen LogP contribution is -2.52. The van der Waals surface area contributed by atoms with Gasteiger partial charge in [-0.2, -0.15) is 10.2 Å². The first-order valence-corrected chi connectivity index (χ1v) is 18.6. The van der Waals surface area contributed by atoms with E-state index in [1.807, 2.05) is 11.9 Å². The van der Waals surface area contributed by atoms with Crippen molar-refractivity contribution in [1.29, 1.82) is 0 Å². The van der Waals surface area contributed by atoms with E-state index in [1.54, 1.807) is 58.0 Å². The fourth-order valence-corrected chi connectivity index (χ4v) is 7.35. The molecule has 0 amide bonds. The van der Waals surface area contributed by atoms with Gasteiger partial charge in [0.15, 0.2) is 23.6 Å². The molecule has 52 heavy (non-hydrogen) atoms. The number of esters is 3. The largest absolute Gasteiger partial charge is 0.460 e. The Balaban J connectivity index is 1.51. The number of likely N-dealkylation sites (N-methyl/N-ethyl adjacent to an activating group) is 1. The number of rotatable bonds is 15. The molecule has 1 aromatic carbocycles. The lowest BCUT2D eigenvalue weighted by Gasteiger charge is -2.34. The van der Waals surface area contributed by atoms with Crippen LogP contribution in [0.1, 0.15) is 52.8 Å². The zero-order valence-electron chi connectivity index (χ0n) is 30.0. The topological polar surface area (TPSA) is 195 Å². The molecule has 2 aromatic heterocycles. The van der Waals surface area contributed by atoms with E-state index in [9.17, 15) is 18.9 Å². The number of carbonyl (C=O) groups excluding carboxylic acids is 3. The van der Waals surface area contributed by atoms with Crippen LogP contribution in [0.5, 0.6) is 5.75 Å². The number of hydrogen-bond acceptors (Lipinski definition) is 14. The Kier molecular flexibility index (Phi) is 12.2. The van der Waals surface area contributed by atoms with Gasteiger partial charge in [-0.05, 0) is 44.7 Å². The van der Waals surface area contributed by atoms with Crippen LogP contribution in [-0.2, 0) is 42.4 Å². The molecule has 0 spiro atoms. The van der Waals surface area contributed by atoms with Crippen LogP contribution in [-0.4, -0.2) is 101 Å². The zero-order valence-corrected chi connectivity index (χ0v) is 30.9. The molecule has 2 aliphatic heterocycles. The van der Waals surface area contributed by atoms with Gasteiger partial charge in [-0.25, -0.2) is 18.5 Å². The molecule has 2 aliphatic rings. The standard InChI is InChI=1S/C34H46FN6O10P/c1-20(2)31(42)48-28-27(25-12-13-26-30(36)37-19-38-41(25)26)50-34(17-35,29(28)49-32(43)21(3)4)18-46-52(45,51-23-10-8-7-9-11-23)39-22(5)33(44)47-24-14-15-40(6)16-24/h7-13,19-22,24,27-29H,14-18H2,1-6H3,(H,39,45)(H2,36,37,38)/t22-,24+,27-,28-,29-,34+,52+/m0/s1. The fourth-order valence-electron chi connectivity index (χ4n) is 5.81. The van der Waals surface area contributed by atoms with Crippen LogP contribution in [0.4, 0.5) is 10.2 Å². The van der Waals surface area contributed by atoms with Gasteiger partial charge in [-0.1, -0.05) is 45.9 Å². The number of para-hydroxylation sites is 1. The van der Waals surface area contributed by atoms with E-state index < -0.39 is 80.7 Å². The molecule has 0 saturated carbocycles. The van der Waals surface area contributed by atoms with Gasteiger partial charge in [0.2, 0.25) is 0 Å². The number of anilines is 1. The number of halogens is 1. The molecular weight excluding hydrogens is 702 g/mol. The van der Waals surface area contributed by atoms with Crippen molar-refractivity contribution in [2.45, 2.75) is 77.1 Å². The molecular formula is C34H46FN6O10P. The van der Waals surface area contributed by atoms with Crippen molar-refractivity contribution in [2.24, 2.45) is 11.8 Å². The summed E-state index contributed by atoms with van der Waals surface area (Å²) in [5.41, 5.74) is 4.49. The van der Waals surface area contributed by atoms with E-state index in [1.165, 1.54) is 29.9 Å². The number of nitrogens with zero attached hydrogens (tertiary/aromatic N) is 4. The molecule has 18 heteroatoms. The summed E-state index contributed by atoms with van der Waals surface area (Å²) in [6, 6.07) is 9.99. The van der Waals surface area contributed by atoms with Crippen molar-refractivity contribution in [3.05, 3.63) is 54.5 Å². The van der Waals surface area contributed by atoms with Gasteiger partial charge >= 0.3 is 25.7 Å². The van der Waals surface area contributed by atoms with Crippen molar-refractivity contribution in [1.82, 2.24) is 24.6 Å². The monoisotopic (exact) mass is 748 g/mol. The van der Waals surface area contributed by atoms with Gasteiger partial charge < -0.3 is 34.1 Å². The Morgan fingerprint density at radius 1 is 1.04 bits per heavy atom. The summed E-state index contributed by atoms with van der Waals surface area (Å²) in [5.74, 6) is -3.20. The maximum Gasteiger partial charge on any atom is 0.459 e. The number of benzene rings is 1. The molecule has 2 saturated heterocycles. The third-order valence-corrected chi connectivity index (χ3v) is 10.4. The predicted octanol–water partition coefficient (Wildman–Crippen LogP) is 3.66. The van der Waals surface area contributed by atoms with Crippen molar-refractivity contribution in [3.8, 4) is 5.75 Å². The maximum atomic E-state index is 15.8. The van der Waals surface area contributed by atoms with Gasteiger partial charge in [0, 0.05) is 13.1 Å². The average Bonchev–Trinajstić information content (AvgIpc) is 3.80. The summed E-state index contributed by atoms with van der Waals surface area (Å²) in [6.07, 6.45) is -2.88. The lowest BCUT2D eigenvalue weighted by atomic mass is 9.95. The number of carbonyl (C=O) groups is 3. The first-order chi connectivity index (χ1) is 24.6. The van der Waals surface area contributed by atoms with Crippen LogP contribution in [0.15, 0.2) is 48.8 Å². The predicted molar refractivity (Wildman–Crippen MR) is 185 cm³/mol. The van der Waals surface area contributed by atoms with Gasteiger partial charge in [0.1, 0.15) is 42.5 Å². The third kappa shape index (κ3) is 8.72. The Morgan fingerprint density at radius 3 is 2.37 bits per heavy atom. The van der Waals surface area contributed by atoms with Crippen molar-refractivity contribution in [3.63, 3.8) is 0 Å². The summed E-state index contributed by atoms with van der Waals surface area (Å²) in [6.45, 7) is 6.86. The number of aromatic nitrogens is 3. The van der Waals surface area contributed by atoms with Crippen LogP contribution in [0.2, 0.25) is 0 Å². The first kappa shape index (κ1) is 39.1. The van der Waals surface area contributed by atoms with Gasteiger partial charge in [0.05, 0.1) is 24.1 Å². The highest BCUT2D eigenvalue weighted by Crippen LogP contribution is 2.50. The SMILES string of the molecule is CC(C)C(=O)O[C@H]1[C@H](c2ccc3c(N)ncnn23)O[C@](CF)(CO[P@](=O)(N[C@@H](C)C(=O)O[C@@H]2CCN(C)C2)Oc2ccccc2)[C@H]1OC(=O)C(C)C. The Hall–Kier alpha value is -4.15. The Morgan fingerprint density at radius 2 is 1.73 bits per heavy atom. The molecule has 2 fully saturated rings. The molecule has 3 N–H and O–H groups in total. The van der Waals surface area contributed by atoms with E-state index >= 15 is 4.39 Å². The van der Waals surface area contributed by atoms with E-state index in [0.717, 1.165) is 6.54 Å². The minimum absolute atomic E-state index is 0.110. The molecule has 7 atom stereocenters. The van der Waals surface area contributed by atoms with E-state index in [-0.39, 0.29) is 23.4 Å². The van der Waals surface area contributed by atoms with Crippen molar-refractivity contribution in [2.75, 3.05) is 39.2 Å². The molecule has 0 radical (unpaired) electrons. The molecule has 0 bridgehead atoms. The first-order valence-electron chi connectivity index (χ1n) is 17.0. The molecule has 4 heterocycles. The van der Waals surface area contributed by atoms with Gasteiger partial charge in [-0.15, -0.1) is 0 Å². The van der Waals surface area contributed by atoms with Crippen LogP contribution in [0.3, 0.4) is 0 Å². The zero-order chi connectivity index (χ0) is 37.8. The van der Waals surface area contributed by atoms with Crippen LogP contribution in [0, 0.1) is 11.8 Å². The highest BCUT2D eigenvalue weighted by atomic mass is 31.2. The van der Waals surface area contributed by atoms with Crippen LogP contribution >= 0.6 is 7.75 Å². The smallest absolute Gasteiger partial charge is 0.459 e. The number of ether oxygens (including phenoxy) is 4. The quantitative estimate of drug-likeness (QED) is 0.130. The third-order valence-electron chi connectivity index (χ3n) is 8.73. The van der Waals surface area contributed by atoms with E-state index in [2.05, 4.69) is 15.2 Å². The molecule has 3 aromatic rings. The molecule has 284 valence electrons. The molecule has 0 unspecified atom stereocenters. The maximum absolute atomic E-state index is 15.8. The summed E-state index contributed by atoms with van der Waals surface area (Å²) in [5, 5.41) is 6.87. The summed E-state index contributed by atoms with van der Waals surface area (Å²) in [7, 11) is -2.68. The summed E-state index contributed by atoms with van der Waals surface area (Å²) < 4.78 is 67.2. The fraction of sp³-hybridized carbons (Fsp3) is 0.559. The molecule has 16 nitrogen and oxygen atoms in total. The molecule has 0 aliphatic carbocycles. The van der Waals surface area contributed by atoms with E-state index in [4.69, 9.17) is 33.7 Å². The molecule has 5 rings (SSSR count). The van der Waals surface area contributed by atoms with Gasteiger partial charge in [-0.3, -0.25) is 18.9 Å². The minimum Gasteiger partial charge on any atom is -0.460 e. The van der Waals surface area contributed by atoms with Gasteiger partial charge in [0.25, 0.3) is 0 Å². The minimum atomic E-state index is -4.58. The normalized spacial score (nSPS) is 25.2. The number of hydrogen-bond donors (Lipinski definition) is 2. The van der Waals surface area contributed by atoms with E-state index in [0.29, 0.717) is 18.5 Å². The van der Waals surface area contributed by atoms with Crippen molar-refractivity contribution >= 4 is 37.0 Å². The summed E-state index contributed by atoms with van der Waals surface area (Å²) >= 11 is 0. The highest BCUT2D eigenvalue weighted by molar-refractivity contribution is 7.52. The number of likely N-dealkylation sites (tertiary alicyclic amines) is 1. The summed E-state index contributed by atoms with van der Waals surface area (Å²) in [4.78, 5) is 45.4. The highest BCUT2D eigenvalue weighted by Gasteiger charge is 2.62. The lowest BCUT2D eigenvalue weighted by molar-refractivity contribution is -0.178. The van der Waals surface area contributed by atoms with Crippen molar-refractivity contribution < 1.29 is 51.3 Å². The van der Waals surface area contributed by atoms with Crippen LogP contribution < -0.4 is 15.3 Å². The second-order valence-electron chi connectivity index (χ2n) is 13.6. The number of nitrogen functional groups attached to an aromatic ring is 1. The number of nitrogens with two attached hydrogens (primary N) is 1. The second-order valence-corrected chi connectivity index (χ2v) is 15.3. The number of alkyl halides is 1. The Labute approximate surface area is 301 Å². The second kappa shape index (κ2) is 16.3.